The van der Waals surface area contributed by atoms with E-state index in [9.17, 15) is 15.3 Å². The molecule has 96 valence electrons. The molecule has 5 N–H and O–H groups in total. The third-order valence-corrected chi connectivity index (χ3v) is 2.72. The topological polar surface area (TPSA) is 104 Å². The van der Waals surface area contributed by atoms with Gasteiger partial charge in [0, 0.05) is 13.6 Å². The molecule has 0 bridgehead atoms. The van der Waals surface area contributed by atoms with Gasteiger partial charge in [0.2, 0.25) is 0 Å². The third-order valence-electron chi connectivity index (χ3n) is 2.10. The van der Waals surface area contributed by atoms with Crippen molar-refractivity contribution in [1.82, 2.24) is 4.90 Å². The second-order valence-corrected chi connectivity index (χ2v) is 4.48. The van der Waals surface area contributed by atoms with Gasteiger partial charge in [0.1, 0.15) is 18.3 Å². The Morgan fingerprint density at radius 3 is 2.00 bits per heavy atom. The maximum atomic E-state index is 9.50. The minimum absolute atomic E-state index is 0.0707. The number of hydrogen-bond acceptors (Lipinski definition) is 7. The number of aliphatic hydroxyl groups is 5. The van der Waals surface area contributed by atoms with Gasteiger partial charge < -0.3 is 55.3 Å². The SMILES string of the molecule is CN(CC(O)C(O)C(O)C(O)CO)C(=S)[S-]. The van der Waals surface area contributed by atoms with E-state index >= 15 is 0 Å². The van der Waals surface area contributed by atoms with Crippen LogP contribution in [0.5, 0.6) is 0 Å². The summed E-state index contributed by atoms with van der Waals surface area (Å²) in [6.07, 6.45) is -6.06. The van der Waals surface area contributed by atoms with Gasteiger partial charge in [0.05, 0.1) is 12.7 Å². The van der Waals surface area contributed by atoms with E-state index in [0.29, 0.717) is 0 Å². The Morgan fingerprint density at radius 1 is 1.19 bits per heavy atom. The van der Waals surface area contributed by atoms with Crippen molar-refractivity contribution in [2.45, 2.75) is 24.4 Å². The monoisotopic (exact) mass is 270 g/mol. The highest BCUT2D eigenvalue weighted by atomic mass is 32.1. The van der Waals surface area contributed by atoms with Gasteiger partial charge in [-0.25, -0.2) is 0 Å². The molecular weight excluding hydrogens is 254 g/mol. The Bertz CT molecular complexity index is 230. The first-order chi connectivity index (χ1) is 7.31. The third kappa shape index (κ3) is 4.83. The first-order valence-electron chi connectivity index (χ1n) is 4.56. The van der Waals surface area contributed by atoms with Gasteiger partial charge >= 0.3 is 0 Å². The number of hydrogen-bond donors (Lipinski definition) is 5. The van der Waals surface area contributed by atoms with Crippen molar-refractivity contribution in [1.29, 1.82) is 0 Å². The van der Waals surface area contributed by atoms with E-state index < -0.39 is 31.0 Å². The van der Waals surface area contributed by atoms with Crippen molar-refractivity contribution >= 4 is 29.2 Å². The van der Waals surface area contributed by atoms with Gasteiger partial charge in [-0.1, -0.05) is 4.32 Å². The Balaban J connectivity index is 4.27. The normalized spacial score (nSPS) is 18.6. The minimum Gasteiger partial charge on any atom is -0.411 e. The van der Waals surface area contributed by atoms with Crippen LogP contribution in [-0.2, 0) is 12.6 Å². The molecule has 0 aliphatic carbocycles. The minimum atomic E-state index is -1.63. The average molecular weight is 270 g/mol. The first-order valence-corrected chi connectivity index (χ1v) is 5.38. The second kappa shape index (κ2) is 7.28. The zero-order chi connectivity index (χ0) is 12.9. The average Bonchev–Trinajstić information content (AvgIpc) is 2.25. The Labute approximate surface area is 105 Å². The zero-order valence-corrected chi connectivity index (χ0v) is 10.4. The van der Waals surface area contributed by atoms with Gasteiger partial charge in [-0.2, -0.15) is 0 Å². The van der Waals surface area contributed by atoms with Gasteiger partial charge in [-0.3, -0.25) is 0 Å². The lowest BCUT2D eigenvalue weighted by atomic mass is 10.0. The Morgan fingerprint density at radius 2 is 1.62 bits per heavy atom. The van der Waals surface area contributed by atoms with Crippen molar-refractivity contribution in [2.24, 2.45) is 0 Å². The van der Waals surface area contributed by atoms with E-state index in [1.807, 2.05) is 0 Å². The summed E-state index contributed by atoms with van der Waals surface area (Å²) in [5.41, 5.74) is 0. The molecule has 0 radical (unpaired) electrons. The maximum absolute atomic E-state index is 9.50. The number of thiocarbonyl (C=S) groups is 1. The molecule has 8 heteroatoms. The van der Waals surface area contributed by atoms with Crippen LogP contribution in [0.1, 0.15) is 0 Å². The highest BCUT2D eigenvalue weighted by Gasteiger charge is 2.30. The molecule has 0 heterocycles. The molecule has 0 aliphatic rings. The molecule has 0 spiro atoms. The van der Waals surface area contributed by atoms with Crippen LogP contribution in [0, 0.1) is 0 Å². The van der Waals surface area contributed by atoms with Crippen LogP contribution < -0.4 is 0 Å². The van der Waals surface area contributed by atoms with Crippen LogP contribution >= 0.6 is 12.2 Å². The van der Waals surface area contributed by atoms with Crippen molar-refractivity contribution in [3.63, 3.8) is 0 Å². The van der Waals surface area contributed by atoms with E-state index in [1.54, 1.807) is 0 Å². The van der Waals surface area contributed by atoms with E-state index in [2.05, 4.69) is 24.8 Å². The quantitative estimate of drug-likeness (QED) is 0.260. The highest BCUT2D eigenvalue weighted by Crippen LogP contribution is 2.06. The smallest absolute Gasteiger partial charge is 0.111 e. The van der Waals surface area contributed by atoms with Gasteiger partial charge in [-0.05, 0) is 0 Å². The van der Waals surface area contributed by atoms with Crippen LogP contribution in [0.4, 0.5) is 0 Å². The molecule has 16 heavy (non-hydrogen) atoms. The van der Waals surface area contributed by atoms with Gasteiger partial charge in [0.25, 0.3) is 0 Å². The summed E-state index contributed by atoms with van der Waals surface area (Å²) < 4.78 is 0.114. The zero-order valence-electron chi connectivity index (χ0n) is 8.72. The van der Waals surface area contributed by atoms with Crippen molar-refractivity contribution < 1.29 is 25.5 Å². The molecular formula is C8H16NO5S2-. The van der Waals surface area contributed by atoms with Crippen molar-refractivity contribution in [2.75, 3.05) is 20.2 Å². The summed E-state index contributed by atoms with van der Waals surface area (Å²) in [6, 6.07) is 0. The van der Waals surface area contributed by atoms with Crippen LogP contribution in [-0.4, -0.2) is 79.4 Å². The summed E-state index contributed by atoms with van der Waals surface area (Å²) in [5.74, 6) is 0. The fourth-order valence-electron chi connectivity index (χ4n) is 1.03. The molecule has 6 nitrogen and oxygen atoms in total. The number of nitrogens with zero attached hydrogens (tertiary/aromatic N) is 1. The van der Waals surface area contributed by atoms with Crippen molar-refractivity contribution in [3.8, 4) is 0 Å². The second-order valence-electron chi connectivity index (χ2n) is 3.44. The molecule has 4 atom stereocenters. The fourth-order valence-corrected chi connectivity index (χ4v) is 1.18. The van der Waals surface area contributed by atoms with Crippen LogP contribution in [0.25, 0.3) is 0 Å². The molecule has 0 saturated heterocycles. The fraction of sp³-hybridized carbons (Fsp3) is 0.875. The number of aliphatic hydroxyl groups excluding tert-OH is 5. The lowest BCUT2D eigenvalue weighted by Crippen LogP contribution is -2.49. The molecule has 0 rings (SSSR count). The Kier molecular flexibility index (Phi) is 7.24. The summed E-state index contributed by atoms with van der Waals surface area (Å²) in [4.78, 5) is 1.34. The molecule has 0 fully saturated rings. The standard InChI is InChI=1S/C8H17NO5S2/c1-9(8(15)16)2-4(11)6(13)7(14)5(12)3-10/h4-7,10-14H,2-3H2,1H3,(H,15,16)/p-1. The van der Waals surface area contributed by atoms with Crippen LogP contribution in [0.15, 0.2) is 0 Å². The van der Waals surface area contributed by atoms with Gasteiger partial charge in [0.15, 0.2) is 0 Å². The molecule has 0 aromatic carbocycles. The lowest BCUT2D eigenvalue weighted by molar-refractivity contribution is -0.116. The molecule has 0 aromatic rings. The van der Waals surface area contributed by atoms with Gasteiger partial charge in [-0.15, -0.1) is 0 Å². The van der Waals surface area contributed by atoms with Crippen molar-refractivity contribution in [3.05, 3.63) is 0 Å². The maximum Gasteiger partial charge on any atom is 0.111 e. The molecule has 4 unspecified atom stereocenters. The largest absolute Gasteiger partial charge is 0.411 e. The molecule has 0 aromatic heterocycles. The van der Waals surface area contributed by atoms with E-state index in [1.165, 1.54) is 11.9 Å². The summed E-state index contributed by atoms with van der Waals surface area (Å²) in [5, 5.41) is 45.9. The van der Waals surface area contributed by atoms with E-state index in [4.69, 9.17) is 10.2 Å². The molecule has 0 aliphatic heterocycles. The summed E-state index contributed by atoms with van der Waals surface area (Å²) in [6.45, 7) is -0.779. The van der Waals surface area contributed by atoms with Crippen LogP contribution in [0.3, 0.4) is 0 Å². The number of rotatable bonds is 6. The van der Waals surface area contributed by atoms with E-state index in [0.717, 1.165) is 0 Å². The molecule has 0 saturated carbocycles. The summed E-state index contributed by atoms with van der Waals surface area (Å²) in [7, 11) is 1.53. The predicted molar refractivity (Wildman–Crippen MR) is 63.7 cm³/mol. The van der Waals surface area contributed by atoms with Crippen LogP contribution in [0.2, 0.25) is 0 Å². The Hall–Kier alpha value is -0.0900. The molecule has 0 amide bonds. The first kappa shape index (κ1) is 15.9. The van der Waals surface area contributed by atoms with E-state index in [-0.39, 0.29) is 10.9 Å². The highest BCUT2D eigenvalue weighted by molar-refractivity contribution is 8.00. The summed E-state index contributed by atoms with van der Waals surface area (Å²) >= 11 is 9.32. The lowest BCUT2D eigenvalue weighted by Gasteiger charge is -2.31. The number of likely N-dealkylation sites (N-methyl/N-ethyl adjacent to an activating group) is 1. The predicted octanol–water partition coefficient (Wildman–Crippen LogP) is -2.81.